The third-order valence-electron chi connectivity index (χ3n) is 5.88. The number of nitrogens with zero attached hydrogens (tertiary/aromatic N) is 1. The summed E-state index contributed by atoms with van der Waals surface area (Å²) in [7, 11) is 0. The monoisotopic (exact) mass is 449 g/mol. The van der Waals surface area contributed by atoms with Crippen LogP contribution in [0.2, 0.25) is 0 Å². The molecule has 2 aliphatic rings. The van der Waals surface area contributed by atoms with Crippen molar-refractivity contribution in [1.29, 1.82) is 0 Å². The first kappa shape index (κ1) is 24.1. The standard InChI is InChI=1S/C22H24F3N3O2.C2H6/c1-13-5-8-17(16(24)10-13)27-20-14(6-7-15(23)19(20)25)21(29)28-11-22(30,12-28)18-4-2-3-9-26-18;1-2/h5-8,10,18,26-27,30H,2-4,9,11-12H2,1H3;1-2H3/t18-;/m0./s1. The molecule has 4 rings (SSSR count). The summed E-state index contributed by atoms with van der Waals surface area (Å²) in [5, 5.41) is 16.6. The third-order valence-corrected chi connectivity index (χ3v) is 5.88. The molecule has 2 heterocycles. The molecule has 2 aliphatic heterocycles. The molecule has 0 spiro atoms. The van der Waals surface area contributed by atoms with E-state index >= 15 is 0 Å². The first-order valence-corrected chi connectivity index (χ1v) is 11.0. The summed E-state index contributed by atoms with van der Waals surface area (Å²) in [6.07, 6.45) is 2.88. The van der Waals surface area contributed by atoms with Crippen LogP contribution >= 0.6 is 0 Å². The molecule has 0 aliphatic carbocycles. The van der Waals surface area contributed by atoms with Crippen molar-refractivity contribution in [2.24, 2.45) is 0 Å². The molecule has 2 aromatic carbocycles. The number of anilines is 2. The van der Waals surface area contributed by atoms with Crippen LogP contribution in [-0.2, 0) is 0 Å². The molecule has 2 aromatic rings. The Balaban J connectivity index is 0.00000141. The number of likely N-dealkylation sites (tertiary alicyclic amines) is 1. The van der Waals surface area contributed by atoms with Crippen molar-refractivity contribution in [3.05, 3.63) is 58.9 Å². The van der Waals surface area contributed by atoms with Crippen LogP contribution in [-0.4, -0.2) is 47.2 Å². The number of nitrogens with one attached hydrogen (secondary N) is 2. The predicted octanol–water partition coefficient (Wildman–Crippen LogP) is 4.51. The van der Waals surface area contributed by atoms with Crippen molar-refractivity contribution in [2.75, 3.05) is 25.0 Å². The molecule has 0 saturated carbocycles. The van der Waals surface area contributed by atoms with E-state index in [1.165, 1.54) is 23.1 Å². The van der Waals surface area contributed by atoms with Gasteiger partial charge in [0.1, 0.15) is 11.4 Å². The number of aliphatic hydroxyl groups is 1. The predicted molar refractivity (Wildman–Crippen MR) is 119 cm³/mol. The molecule has 5 nitrogen and oxygen atoms in total. The fourth-order valence-corrected chi connectivity index (χ4v) is 4.17. The van der Waals surface area contributed by atoms with Gasteiger partial charge < -0.3 is 20.6 Å². The van der Waals surface area contributed by atoms with Crippen LogP contribution in [0, 0.1) is 24.4 Å². The summed E-state index contributed by atoms with van der Waals surface area (Å²) in [6, 6.07) is 6.23. The number of benzene rings is 2. The van der Waals surface area contributed by atoms with Crippen LogP contribution in [0.5, 0.6) is 0 Å². The van der Waals surface area contributed by atoms with Gasteiger partial charge in [-0.1, -0.05) is 26.3 Å². The molecular formula is C24H30F3N3O2. The van der Waals surface area contributed by atoms with E-state index in [1.807, 2.05) is 13.8 Å². The minimum absolute atomic E-state index is 0.0642. The van der Waals surface area contributed by atoms with Gasteiger partial charge in [0.15, 0.2) is 11.6 Å². The summed E-state index contributed by atoms with van der Waals surface area (Å²) in [4.78, 5) is 14.4. The van der Waals surface area contributed by atoms with Gasteiger partial charge in [-0.3, -0.25) is 4.79 Å². The van der Waals surface area contributed by atoms with Crippen LogP contribution < -0.4 is 10.6 Å². The Morgan fingerprint density at radius 1 is 1.12 bits per heavy atom. The molecule has 32 heavy (non-hydrogen) atoms. The number of hydrogen-bond donors (Lipinski definition) is 3. The Bertz CT molecular complexity index is 971. The highest BCUT2D eigenvalue weighted by Crippen LogP contribution is 2.34. The summed E-state index contributed by atoms with van der Waals surface area (Å²) < 4.78 is 42.7. The van der Waals surface area contributed by atoms with Crippen LogP contribution in [0.4, 0.5) is 24.5 Å². The van der Waals surface area contributed by atoms with Gasteiger partial charge in [-0.05, 0) is 56.1 Å². The van der Waals surface area contributed by atoms with Crippen LogP contribution in [0.15, 0.2) is 30.3 Å². The molecule has 3 N–H and O–H groups in total. The zero-order chi connectivity index (χ0) is 23.5. The maximum absolute atomic E-state index is 14.6. The van der Waals surface area contributed by atoms with Gasteiger partial charge in [0.2, 0.25) is 0 Å². The summed E-state index contributed by atoms with van der Waals surface area (Å²) in [5.41, 5.74) is -0.969. The van der Waals surface area contributed by atoms with E-state index in [9.17, 15) is 23.1 Å². The summed E-state index contributed by atoms with van der Waals surface area (Å²) in [6.45, 7) is 6.72. The lowest BCUT2D eigenvalue weighted by Crippen LogP contribution is -2.72. The SMILES string of the molecule is CC.Cc1ccc(Nc2c(C(=O)N3CC(O)([C@@H]4CCCCN4)C3)ccc(F)c2F)c(F)c1. The maximum atomic E-state index is 14.6. The molecule has 2 saturated heterocycles. The van der Waals surface area contributed by atoms with Gasteiger partial charge in [0.05, 0.1) is 30.0 Å². The number of amides is 1. The molecule has 8 heteroatoms. The van der Waals surface area contributed by atoms with Crippen molar-refractivity contribution in [3.63, 3.8) is 0 Å². The highest BCUT2D eigenvalue weighted by atomic mass is 19.2. The maximum Gasteiger partial charge on any atom is 0.256 e. The molecule has 0 unspecified atom stereocenters. The molecule has 1 amide bonds. The van der Waals surface area contributed by atoms with Crippen LogP contribution in [0.25, 0.3) is 0 Å². The van der Waals surface area contributed by atoms with E-state index in [0.717, 1.165) is 31.9 Å². The molecule has 174 valence electrons. The smallest absolute Gasteiger partial charge is 0.256 e. The highest BCUT2D eigenvalue weighted by molar-refractivity contribution is 6.01. The highest BCUT2D eigenvalue weighted by Gasteiger charge is 2.49. The quantitative estimate of drug-likeness (QED) is 0.643. The zero-order valence-corrected chi connectivity index (χ0v) is 18.6. The van der Waals surface area contributed by atoms with Crippen molar-refractivity contribution in [1.82, 2.24) is 10.2 Å². The molecule has 2 fully saturated rings. The van der Waals surface area contributed by atoms with Gasteiger partial charge in [0, 0.05) is 6.04 Å². The van der Waals surface area contributed by atoms with Crippen molar-refractivity contribution in [2.45, 2.75) is 51.7 Å². The number of β-amino-alcohol motifs (C(OH)–C–C–N with tert-alkyl or cyclic N) is 1. The second-order valence-electron chi connectivity index (χ2n) is 8.16. The van der Waals surface area contributed by atoms with Gasteiger partial charge in [-0.15, -0.1) is 0 Å². The number of aryl methyl sites for hydroxylation is 1. The van der Waals surface area contributed by atoms with E-state index in [1.54, 1.807) is 13.0 Å². The summed E-state index contributed by atoms with van der Waals surface area (Å²) >= 11 is 0. The lowest BCUT2D eigenvalue weighted by atomic mass is 9.81. The first-order chi connectivity index (χ1) is 15.3. The van der Waals surface area contributed by atoms with Crippen LogP contribution in [0.3, 0.4) is 0 Å². The number of rotatable bonds is 4. The number of carbonyl (C=O) groups excluding carboxylic acids is 1. The lowest BCUT2D eigenvalue weighted by molar-refractivity contribution is -0.108. The van der Waals surface area contributed by atoms with Crippen molar-refractivity contribution >= 4 is 17.3 Å². The minimum atomic E-state index is -1.26. The Morgan fingerprint density at radius 3 is 2.47 bits per heavy atom. The van der Waals surface area contributed by atoms with Gasteiger partial charge >= 0.3 is 0 Å². The minimum Gasteiger partial charge on any atom is -0.385 e. The number of piperidine rings is 1. The summed E-state index contributed by atoms with van der Waals surface area (Å²) in [5.74, 6) is -3.60. The average molecular weight is 450 g/mol. The van der Waals surface area contributed by atoms with E-state index in [2.05, 4.69) is 10.6 Å². The molecular weight excluding hydrogens is 419 g/mol. The normalized spacial score (nSPS) is 19.5. The number of carbonyl (C=O) groups is 1. The molecule has 1 atom stereocenters. The topological polar surface area (TPSA) is 64.6 Å². The number of hydrogen-bond acceptors (Lipinski definition) is 4. The largest absolute Gasteiger partial charge is 0.385 e. The van der Waals surface area contributed by atoms with Gasteiger partial charge in [-0.25, -0.2) is 13.2 Å². The second-order valence-corrected chi connectivity index (χ2v) is 8.16. The molecule has 0 bridgehead atoms. The Hall–Kier alpha value is -2.58. The van der Waals surface area contributed by atoms with Crippen LogP contribution in [0.1, 0.15) is 49.0 Å². The van der Waals surface area contributed by atoms with Crippen molar-refractivity contribution in [3.8, 4) is 0 Å². The van der Waals surface area contributed by atoms with Crippen molar-refractivity contribution < 1.29 is 23.1 Å². The molecule has 0 radical (unpaired) electrons. The number of halogens is 3. The Morgan fingerprint density at radius 2 is 1.84 bits per heavy atom. The van der Waals surface area contributed by atoms with E-state index in [4.69, 9.17) is 0 Å². The second kappa shape index (κ2) is 9.92. The van der Waals surface area contributed by atoms with E-state index in [0.29, 0.717) is 5.56 Å². The van der Waals surface area contributed by atoms with E-state index < -0.39 is 34.6 Å². The van der Waals surface area contributed by atoms with Gasteiger partial charge in [-0.2, -0.15) is 0 Å². The Kier molecular flexibility index (Phi) is 7.46. The fraction of sp³-hybridized carbons (Fsp3) is 0.458. The average Bonchev–Trinajstić information content (AvgIpc) is 2.78. The lowest BCUT2D eigenvalue weighted by Gasteiger charge is -2.51. The fourth-order valence-electron chi connectivity index (χ4n) is 4.17. The first-order valence-electron chi connectivity index (χ1n) is 11.0. The zero-order valence-electron chi connectivity index (χ0n) is 18.6. The van der Waals surface area contributed by atoms with Gasteiger partial charge in [0.25, 0.3) is 5.91 Å². The van der Waals surface area contributed by atoms with E-state index in [-0.39, 0.29) is 30.4 Å². The Labute approximate surface area is 186 Å². The third kappa shape index (κ3) is 4.76. The molecule has 0 aromatic heterocycles.